The minimum Gasteiger partial charge on any atom is -0.373 e. The van der Waals surface area contributed by atoms with Crippen LogP contribution in [0.4, 0.5) is 0 Å². The van der Waals surface area contributed by atoms with Gasteiger partial charge in [0.25, 0.3) is 0 Å². The van der Waals surface area contributed by atoms with E-state index in [2.05, 4.69) is 0 Å². The Labute approximate surface area is 98.1 Å². The van der Waals surface area contributed by atoms with E-state index < -0.39 is 11.9 Å². The summed E-state index contributed by atoms with van der Waals surface area (Å²) in [7, 11) is 0. The first-order valence-corrected chi connectivity index (χ1v) is 5.84. The van der Waals surface area contributed by atoms with Crippen molar-refractivity contribution >= 4 is 17.7 Å². The second kappa shape index (κ2) is 3.29. The van der Waals surface area contributed by atoms with Gasteiger partial charge in [-0.15, -0.1) is 0 Å². The maximum atomic E-state index is 12.2. The van der Waals surface area contributed by atoms with Gasteiger partial charge in [-0.3, -0.25) is 19.3 Å². The zero-order valence-corrected chi connectivity index (χ0v) is 9.46. The second-order valence-electron chi connectivity index (χ2n) is 4.97. The number of ether oxygens (including phenoxy) is 1. The third-order valence-electron chi connectivity index (χ3n) is 4.12. The van der Waals surface area contributed by atoms with Crippen LogP contribution in [0, 0.1) is 11.8 Å². The van der Waals surface area contributed by atoms with Crippen LogP contribution in [0.2, 0.25) is 0 Å². The van der Waals surface area contributed by atoms with Gasteiger partial charge in [0.2, 0.25) is 17.7 Å². The van der Waals surface area contributed by atoms with Crippen LogP contribution in [0.3, 0.4) is 0 Å². The molecule has 17 heavy (non-hydrogen) atoms. The van der Waals surface area contributed by atoms with Crippen LogP contribution in [0.25, 0.3) is 0 Å². The highest BCUT2D eigenvalue weighted by Crippen LogP contribution is 2.48. The van der Waals surface area contributed by atoms with E-state index in [1.165, 1.54) is 6.92 Å². The van der Waals surface area contributed by atoms with Crippen molar-refractivity contribution in [3.05, 3.63) is 0 Å². The standard InChI is InChI=1S/C11H14N2O4/c1-4(9(12)14)13-10(15)7-5-2-3-6(17-5)8(7)11(13)16/h4-8H,2-3H2,1H3,(H2,12,14). The number of rotatable bonds is 2. The van der Waals surface area contributed by atoms with Gasteiger partial charge in [0.15, 0.2) is 0 Å². The number of amides is 3. The molecule has 3 fully saturated rings. The number of nitrogens with zero attached hydrogens (tertiary/aromatic N) is 1. The van der Waals surface area contributed by atoms with Crippen molar-refractivity contribution in [3.8, 4) is 0 Å². The van der Waals surface area contributed by atoms with E-state index in [0.717, 1.165) is 17.7 Å². The van der Waals surface area contributed by atoms with Crippen molar-refractivity contribution in [1.82, 2.24) is 4.90 Å². The maximum Gasteiger partial charge on any atom is 0.240 e. The Bertz CT molecular complexity index is 394. The summed E-state index contributed by atoms with van der Waals surface area (Å²) in [6.45, 7) is 1.49. The number of likely N-dealkylation sites (tertiary alicyclic amines) is 1. The van der Waals surface area contributed by atoms with Crippen molar-refractivity contribution in [3.63, 3.8) is 0 Å². The number of primary amides is 1. The van der Waals surface area contributed by atoms with E-state index in [0.29, 0.717) is 0 Å². The van der Waals surface area contributed by atoms with Crippen molar-refractivity contribution in [2.75, 3.05) is 0 Å². The lowest BCUT2D eigenvalue weighted by atomic mass is 9.81. The highest BCUT2D eigenvalue weighted by atomic mass is 16.5. The van der Waals surface area contributed by atoms with Gasteiger partial charge in [-0.05, 0) is 19.8 Å². The quantitative estimate of drug-likeness (QED) is 0.626. The summed E-state index contributed by atoms with van der Waals surface area (Å²) >= 11 is 0. The van der Waals surface area contributed by atoms with Gasteiger partial charge in [-0.25, -0.2) is 0 Å². The summed E-state index contributed by atoms with van der Waals surface area (Å²) in [5.74, 6) is -2.01. The van der Waals surface area contributed by atoms with Crippen molar-refractivity contribution < 1.29 is 19.1 Å². The molecule has 2 N–H and O–H groups in total. The first-order chi connectivity index (χ1) is 8.02. The Kier molecular flexibility index (Phi) is 2.07. The summed E-state index contributed by atoms with van der Waals surface area (Å²) in [6, 6.07) is -0.861. The number of carbonyl (C=O) groups is 3. The van der Waals surface area contributed by atoms with Crippen molar-refractivity contribution in [1.29, 1.82) is 0 Å². The average molecular weight is 238 g/mol. The fraction of sp³-hybridized carbons (Fsp3) is 0.727. The smallest absolute Gasteiger partial charge is 0.240 e. The van der Waals surface area contributed by atoms with Gasteiger partial charge < -0.3 is 10.5 Å². The highest BCUT2D eigenvalue weighted by molar-refractivity contribution is 6.09. The fourth-order valence-corrected chi connectivity index (χ4v) is 3.24. The first-order valence-electron chi connectivity index (χ1n) is 5.84. The molecule has 5 unspecified atom stereocenters. The number of hydrogen-bond acceptors (Lipinski definition) is 4. The molecular weight excluding hydrogens is 224 g/mol. The van der Waals surface area contributed by atoms with Crippen LogP contribution in [-0.4, -0.2) is 40.9 Å². The Morgan fingerprint density at radius 2 is 1.76 bits per heavy atom. The summed E-state index contributed by atoms with van der Waals surface area (Å²) in [5, 5.41) is 0. The molecule has 2 bridgehead atoms. The van der Waals surface area contributed by atoms with Gasteiger partial charge in [0.05, 0.1) is 24.0 Å². The molecule has 0 aromatic carbocycles. The van der Waals surface area contributed by atoms with E-state index in [4.69, 9.17) is 10.5 Å². The number of fused-ring (bicyclic) bond motifs is 5. The van der Waals surface area contributed by atoms with Gasteiger partial charge in [-0.1, -0.05) is 0 Å². The molecule has 0 aromatic rings. The Morgan fingerprint density at radius 1 is 1.29 bits per heavy atom. The molecule has 3 aliphatic heterocycles. The molecule has 0 radical (unpaired) electrons. The summed E-state index contributed by atoms with van der Waals surface area (Å²) < 4.78 is 5.58. The molecular formula is C11H14N2O4. The molecule has 3 amide bonds. The molecule has 6 nitrogen and oxygen atoms in total. The molecule has 5 atom stereocenters. The molecule has 0 spiro atoms. The zero-order chi connectivity index (χ0) is 12.3. The normalized spacial score (nSPS) is 40.9. The molecule has 3 rings (SSSR count). The number of imide groups is 1. The molecule has 92 valence electrons. The molecule has 3 saturated heterocycles. The molecule has 3 aliphatic rings. The topological polar surface area (TPSA) is 89.7 Å². The molecule has 3 heterocycles. The lowest BCUT2D eigenvalue weighted by molar-refractivity contribution is -0.148. The minimum atomic E-state index is -0.861. The summed E-state index contributed by atoms with van der Waals surface area (Å²) in [4.78, 5) is 36.5. The lowest BCUT2D eigenvalue weighted by Gasteiger charge is -2.21. The van der Waals surface area contributed by atoms with Crippen LogP contribution in [0.1, 0.15) is 19.8 Å². The Hall–Kier alpha value is -1.43. The third kappa shape index (κ3) is 1.21. The molecule has 0 saturated carbocycles. The predicted octanol–water partition coefficient (Wildman–Crippen LogP) is -0.977. The van der Waals surface area contributed by atoms with Crippen LogP contribution in [0.15, 0.2) is 0 Å². The van der Waals surface area contributed by atoms with Crippen molar-refractivity contribution in [2.45, 2.75) is 38.0 Å². The van der Waals surface area contributed by atoms with Crippen LogP contribution in [0.5, 0.6) is 0 Å². The number of hydrogen-bond donors (Lipinski definition) is 1. The van der Waals surface area contributed by atoms with E-state index >= 15 is 0 Å². The fourth-order valence-electron chi connectivity index (χ4n) is 3.24. The van der Waals surface area contributed by atoms with Crippen molar-refractivity contribution in [2.24, 2.45) is 17.6 Å². The first kappa shape index (κ1) is 10.7. The minimum absolute atomic E-state index is 0.147. The van der Waals surface area contributed by atoms with Gasteiger partial charge in [0, 0.05) is 0 Å². The maximum absolute atomic E-state index is 12.2. The lowest BCUT2D eigenvalue weighted by Crippen LogP contribution is -2.47. The van der Waals surface area contributed by atoms with Gasteiger partial charge in [-0.2, -0.15) is 0 Å². The van der Waals surface area contributed by atoms with Crippen LogP contribution >= 0.6 is 0 Å². The third-order valence-corrected chi connectivity index (χ3v) is 4.12. The number of nitrogens with two attached hydrogens (primary N) is 1. The van der Waals surface area contributed by atoms with E-state index in [-0.39, 0.29) is 35.9 Å². The summed E-state index contributed by atoms with van der Waals surface area (Å²) in [5.41, 5.74) is 5.16. The van der Waals surface area contributed by atoms with Crippen LogP contribution in [-0.2, 0) is 19.1 Å². The van der Waals surface area contributed by atoms with Gasteiger partial charge in [0.1, 0.15) is 6.04 Å². The predicted molar refractivity (Wildman–Crippen MR) is 55.4 cm³/mol. The average Bonchev–Trinajstić information content (AvgIpc) is 2.92. The SMILES string of the molecule is CC(C(N)=O)N1C(=O)C2C3CCC(O3)C2C1=O. The monoisotopic (exact) mass is 238 g/mol. The van der Waals surface area contributed by atoms with E-state index in [1.54, 1.807) is 0 Å². The number of carbonyl (C=O) groups excluding carboxylic acids is 3. The van der Waals surface area contributed by atoms with Crippen LogP contribution < -0.4 is 5.73 Å². The zero-order valence-electron chi connectivity index (χ0n) is 9.46. The molecule has 6 heteroatoms. The second-order valence-corrected chi connectivity index (χ2v) is 4.97. The molecule has 0 aromatic heterocycles. The highest BCUT2D eigenvalue weighted by Gasteiger charge is 2.63. The molecule has 0 aliphatic carbocycles. The Morgan fingerprint density at radius 3 is 2.18 bits per heavy atom. The van der Waals surface area contributed by atoms with E-state index in [9.17, 15) is 14.4 Å². The largest absolute Gasteiger partial charge is 0.373 e. The van der Waals surface area contributed by atoms with E-state index in [1.807, 2.05) is 0 Å². The van der Waals surface area contributed by atoms with Gasteiger partial charge >= 0.3 is 0 Å². The summed E-state index contributed by atoms with van der Waals surface area (Å²) in [6.07, 6.45) is 1.35. The Balaban J connectivity index is 1.93.